The summed E-state index contributed by atoms with van der Waals surface area (Å²) in [6.07, 6.45) is 3.40. The Hall–Kier alpha value is -4.07. The molecule has 2 aromatic carbocycles. The van der Waals surface area contributed by atoms with Gasteiger partial charge in [0.2, 0.25) is 5.91 Å². The van der Waals surface area contributed by atoms with Crippen molar-refractivity contribution in [3.8, 4) is 0 Å². The third-order valence-corrected chi connectivity index (χ3v) is 6.38. The average Bonchev–Trinajstić information content (AvgIpc) is 2.89. The van der Waals surface area contributed by atoms with Crippen LogP contribution in [0.3, 0.4) is 0 Å². The van der Waals surface area contributed by atoms with Crippen LogP contribution in [-0.4, -0.2) is 36.9 Å². The number of benzene rings is 2. The molecule has 0 spiro atoms. The Morgan fingerprint density at radius 1 is 1.11 bits per heavy atom. The zero-order valence-electron chi connectivity index (χ0n) is 20.1. The molecule has 0 unspecified atom stereocenters. The Morgan fingerprint density at radius 2 is 1.86 bits per heavy atom. The fraction of sp³-hybridized carbons (Fsp3) is 0.296. The molecule has 3 aromatic rings. The lowest BCUT2D eigenvalue weighted by atomic mass is 9.96. The summed E-state index contributed by atoms with van der Waals surface area (Å²) in [7, 11) is 1.69. The van der Waals surface area contributed by atoms with Crippen LogP contribution in [0.15, 0.2) is 66.9 Å². The lowest BCUT2D eigenvalue weighted by Gasteiger charge is -2.33. The minimum atomic E-state index is -0.534. The van der Waals surface area contributed by atoms with Gasteiger partial charge in [-0.15, -0.1) is 0 Å². The molecule has 4 rings (SSSR count). The van der Waals surface area contributed by atoms with E-state index in [9.17, 15) is 9.59 Å². The van der Waals surface area contributed by atoms with Gasteiger partial charge in [-0.25, -0.2) is 4.98 Å². The molecule has 0 bridgehead atoms. The molecule has 0 aliphatic carbocycles. The van der Waals surface area contributed by atoms with Crippen LogP contribution in [0.1, 0.15) is 41.7 Å². The Balaban J connectivity index is 1.47. The summed E-state index contributed by atoms with van der Waals surface area (Å²) in [6.45, 7) is 3.68. The molecule has 8 heteroatoms. The molecule has 0 saturated carbocycles. The highest BCUT2D eigenvalue weighted by Crippen LogP contribution is 2.28. The maximum Gasteiger partial charge on any atom is 0.252 e. The van der Waals surface area contributed by atoms with Crippen molar-refractivity contribution in [3.63, 3.8) is 0 Å². The van der Waals surface area contributed by atoms with Crippen LogP contribution in [0, 0.1) is 5.92 Å². The molecular formula is C27H32N6O2. The molecule has 2 heterocycles. The topological polar surface area (TPSA) is 112 Å². The summed E-state index contributed by atoms with van der Waals surface area (Å²) >= 11 is 0. The van der Waals surface area contributed by atoms with Gasteiger partial charge in [0, 0.05) is 49.8 Å². The fourth-order valence-electron chi connectivity index (χ4n) is 4.43. The number of nitrogens with one attached hydrogen (secondary N) is 3. The summed E-state index contributed by atoms with van der Waals surface area (Å²) in [4.78, 5) is 30.7. The molecule has 1 saturated heterocycles. The monoisotopic (exact) mass is 472 g/mol. The van der Waals surface area contributed by atoms with Gasteiger partial charge in [-0.05, 0) is 49.6 Å². The van der Waals surface area contributed by atoms with Gasteiger partial charge in [0.25, 0.3) is 5.91 Å². The first-order valence-corrected chi connectivity index (χ1v) is 11.9. The molecule has 1 aromatic heterocycles. The highest BCUT2D eigenvalue weighted by atomic mass is 16.2. The Kier molecular flexibility index (Phi) is 7.50. The first-order valence-electron chi connectivity index (χ1n) is 11.9. The number of hydrogen-bond acceptors (Lipinski definition) is 6. The number of nitrogens with zero attached hydrogens (tertiary/aromatic N) is 2. The molecule has 1 fully saturated rings. The lowest BCUT2D eigenvalue weighted by molar-refractivity contribution is -0.124. The van der Waals surface area contributed by atoms with Crippen molar-refractivity contribution in [1.82, 2.24) is 10.3 Å². The summed E-state index contributed by atoms with van der Waals surface area (Å²) in [6, 6.07) is 19.8. The molecule has 1 aliphatic heterocycles. The first-order chi connectivity index (χ1) is 16.9. The van der Waals surface area contributed by atoms with Crippen LogP contribution in [0.25, 0.3) is 0 Å². The first kappa shape index (κ1) is 24.1. The number of aromatic nitrogens is 1. The summed E-state index contributed by atoms with van der Waals surface area (Å²) < 4.78 is 0. The van der Waals surface area contributed by atoms with Gasteiger partial charge in [0.15, 0.2) is 0 Å². The maximum absolute atomic E-state index is 12.1. The van der Waals surface area contributed by atoms with Crippen LogP contribution >= 0.6 is 0 Å². The van der Waals surface area contributed by atoms with E-state index in [1.165, 1.54) is 6.20 Å². The van der Waals surface area contributed by atoms with Crippen molar-refractivity contribution in [3.05, 3.63) is 78.0 Å². The quantitative estimate of drug-likeness (QED) is 0.393. The molecule has 0 radical (unpaired) electrons. The van der Waals surface area contributed by atoms with E-state index in [1.807, 2.05) is 61.5 Å². The minimum absolute atomic E-state index is 0.0173. The van der Waals surface area contributed by atoms with Crippen LogP contribution in [0.5, 0.6) is 0 Å². The zero-order chi connectivity index (χ0) is 24.8. The molecule has 182 valence electrons. The number of pyridine rings is 1. The van der Waals surface area contributed by atoms with Gasteiger partial charge in [-0.2, -0.15) is 0 Å². The van der Waals surface area contributed by atoms with E-state index < -0.39 is 5.91 Å². The van der Waals surface area contributed by atoms with Crippen molar-refractivity contribution in [2.75, 3.05) is 35.7 Å². The van der Waals surface area contributed by atoms with Crippen LogP contribution in [0.4, 0.5) is 22.9 Å². The average molecular weight is 473 g/mol. The number of carbonyl (C=O) groups excluding carboxylic acids is 2. The third-order valence-electron chi connectivity index (χ3n) is 6.38. The van der Waals surface area contributed by atoms with Crippen LogP contribution in [-0.2, 0) is 4.79 Å². The zero-order valence-corrected chi connectivity index (χ0v) is 20.1. The second-order valence-corrected chi connectivity index (χ2v) is 8.83. The van der Waals surface area contributed by atoms with Gasteiger partial charge in [-0.1, -0.05) is 30.3 Å². The highest BCUT2D eigenvalue weighted by molar-refractivity contribution is 5.98. The van der Waals surface area contributed by atoms with E-state index in [4.69, 9.17) is 5.73 Å². The van der Waals surface area contributed by atoms with Crippen molar-refractivity contribution in [1.29, 1.82) is 0 Å². The number of nitrogens with two attached hydrogens (primary N) is 1. The predicted octanol–water partition coefficient (Wildman–Crippen LogP) is 4.06. The van der Waals surface area contributed by atoms with Crippen LogP contribution < -0.4 is 26.6 Å². The number of amides is 2. The summed E-state index contributed by atoms with van der Waals surface area (Å²) in [5.41, 5.74) is 9.60. The molecule has 2 amide bonds. The lowest BCUT2D eigenvalue weighted by Crippen LogP contribution is -2.42. The minimum Gasteiger partial charge on any atom is -0.378 e. The second kappa shape index (κ2) is 10.9. The third kappa shape index (κ3) is 5.90. The Labute approximate surface area is 205 Å². The van der Waals surface area contributed by atoms with Gasteiger partial charge in [0.1, 0.15) is 5.82 Å². The van der Waals surface area contributed by atoms with Crippen molar-refractivity contribution in [2.24, 2.45) is 11.7 Å². The predicted molar refractivity (Wildman–Crippen MR) is 140 cm³/mol. The number of anilines is 4. The molecular weight excluding hydrogens is 440 g/mol. The number of piperidine rings is 1. The smallest absolute Gasteiger partial charge is 0.252 e. The Morgan fingerprint density at radius 3 is 2.54 bits per heavy atom. The highest BCUT2D eigenvalue weighted by Gasteiger charge is 2.25. The van der Waals surface area contributed by atoms with E-state index in [-0.39, 0.29) is 17.9 Å². The Bertz CT molecular complexity index is 1170. The number of rotatable bonds is 8. The molecule has 8 nitrogen and oxygen atoms in total. The number of hydrogen-bond donors (Lipinski definition) is 4. The van der Waals surface area contributed by atoms with E-state index in [0.29, 0.717) is 17.1 Å². The molecule has 1 aliphatic rings. The van der Waals surface area contributed by atoms with Gasteiger partial charge >= 0.3 is 0 Å². The van der Waals surface area contributed by atoms with Gasteiger partial charge in [-0.3, -0.25) is 9.59 Å². The number of carbonyl (C=O) groups is 2. The molecule has 5 N–H and O–H groups in total. The second-order valence-electron chi connectivity index (χ2n) is 8.83. The summed E-state index contributed by atoms with van der Waals surface area (Å²) in [5, 5.41) is 9.45. The van der Waals surface area contributed by atoms with Crippen molar-refractivity contribution in [2.45, 2.75) is 25.8 Å². The van der Waals surface area contributed by atoms with Gasteiger partial charge < -0.3 is 26.6 Å². The van der Waals surface area contributed by atoms with E-state index >= 15 is 0 Å². The van der Waals surface area contributed by atoms with Crippen LogP contribution in [0.2, 0.25) is 0 Å². The normalized spacial score (nSPS) is 16.3. The molecule has 35 heavy (non-hydrogen) atoms. The van der Waals surface area contributed by atoms with E-state index in [1.54, 1.807) is 13.1 Å². The number of primary amides is 1. The maximum atomic E-state index is 12.1. The fourth-order valence-corrected chi connectivity index (χ4v) is 4.43. The van der Waals surface area contributed by atoms with Crippen molar-refractivity contribution < 1.29 is 9.59 Å². The van der Waals surface area contributed by atoms with E-state index in [2.05, 4.69) is 25.8 Å². The summed E-state index contributed by atoms with van der Waals surface area (Å²) in [5.74, 6) is 0.184. The van der Waals surface area contributed by atoms with E-state index in [0.717, 1.165) is 42.9 Å². The van der Waals surface area contributed by atoms with Gasteiger partial charge in [0.05, 0.1) is 17.2 Å². The molecule has 2 atom stereocenters. The standard InChI is InChI=1S/C27H32N6O2/c1-18(19-7-4-3-5-8-19)31-24-15-25(30-16-23(24)26(28)34)32-21-10-12-22(13-11-21)33-14-6-9-20(17-33)27(35)29-2/h3-5,7-8,10-13,15-16,18,20H,6,9,14,17H2,1-2H3,(H2,28,34)(H,29,35)(H2,30,31,32)/t18-,20-/m1/s1. The van der Waals surface area contributed by atoms with Crippen molar-refractivity contribution >= 4 is 34.7 Å². The largest absolute Gasteiger partial charge is 0.378 e. The SMILES string of the molecule is CNC(=O)[C@@H]1CCCN(c2ccc(Nc3cc(N[C@H](C)c4ccccc4)c(C(N)=O)cn3)cc2)C1.